The molecule has 1 fully saturated rings. The molecular formula is C9H13BrN2O3. The second kappa shape index (κ2) is 4.30. The summed E-state index contributed by atoms with van der Waals surface area (Å²) < 4.78 is -0.714. The number of imide groups is 1. The molecule has 1 aliphatic rings. The molecule has 3 amide bonds. The molecule has 1 rings (SSSR count). The van der Waals surface area contributed by atoms with E-state index in [2.05, 4.69) is 26.6 Å². The fourth-order valence-electron chi connectivity index (χ4n) is 1.16. The Morgan fingerprint density at radius 3 is 2.60 bits per heavy atom. The first kappa shape index (κ1) is 12.2. The molecule has 1 aliphatic heterocycles. The Hall–Kier alpha value is -0.910. The molecule has 1 unspecified atom stereocenters. The summed E-state index contributed by atoms with van der Waals surface area (Å²) in [5.74, 6) is -0.989. The largest absolute Gasteiger partial charge is 0.343 e. The predicted molar refractivity (Wildman–Crippen MR) is 57.3 cm³/mol. The molecule has 1 saturated heterocycles. The van der Waals surface area contributed by atoms with Crippen LogP contribution in [0.25, 0.3) is 0 Å². The predicted octanol–water partition coefficient (Wildman–Crippen LogP) is 0.0813. The lowest BCUT2D eigenvalue weighted by atomic mass is 10.1. The van der Waals surface area contributed by atoms with Gasteiger partial charge in [0.05, 0.1) is 4.32 Å². The summed E-state index contributed by atoms with van der Waals surface area (Å²) in [5, 5.41) is 4.76. The summed E-state index contributed by atoms with van der Waals surface area (Å²) in [4.78, 5) is 33.7. The molecule has 0 aromatic carbocycles. The van der Waals surface area contributed by atoms with E-state index in [-0.39, 0.29) is 18.2 Å². The van der Waals surface area contributed by atoms with Crippen LogP contribution in [0.2, 0.25) is 0 Å². The van der Waals surface area contributed by atoms with Crippen LogP contribution in [0.3, 0.4) is 0 Å². The molecule has 15 heavy (non-hydrogen) atoms. The van der Waals surface area contributed by atoms with Gasteiger partial charge in [-0.15, -0.1) is 0 Å². The van der Waals surface area contributed by atoms with Crippen molar-refractivity contribution >= 4 is 33.7 Å². The number of hydrogen-bond acceptors (Lipinski definition) is 3. The first-order valence-corrected chi connectivity index (χ1v) is 5.43. The van der Waals surface area contributed by atoms with E-state index in [4.69, 9.17) is 0 Å². The third-order valence-electron chi connectivity index (χ3n) is 2.08. The zero-order valence-corrected chi connectivity index (χ0v) is 10.2. The highest BCUT2D eigenvalue weighted by Crippen LogP contribution is 2.16. The van der Waals surface area contributed by atoms with Crippen LogP contribution in [0.1, 0.15) is 26.7 Å². The summed E-state index contributed by atoms with van der Waals surface area (Å²) >= 11 is 3.19. The summed E-state index contributed by atoms with van der Waals surface area (Å²) in [5.41, 5.74) is 0. The monoisotopic (exact) mass is 276 g/mol. The van der Waals surface area contributed by atoms with Crippen LogP contribution in [0.4, 0.5) is 0 Å². The van der Waals surface area contributed by atoms with E-state index in [1.54, 1.807) is 13.8 Å². The van der Waals surface area contributed by atoms with Crippen molar-refractivity contribution in [3.05, 3.63) is 0 Å². The Kier molecular flexibility index (Phi) is 3.49. The topological polar surface area (TPSA) is 75.3 Å². The van der Waals surface area contributed by atoms with E-state index in [0.717, 1.165) is 0 Å². The van der Waals surface area contributed by atoms with E-state index >= 15 is 0 Å². The molecule has 0 aliphatic carbocycles. The van der Waals surface area contributed by atoms with Gasteiger partial charge in [-0.2, -0.15) is 0 Å². The van der Waals surface area contributed by atoms with E-state index in [9.17, 15) is 14.4 Å². The van der Waals surface area contributed by atoms with E-state index in [0.29, 0.717) is 6.42 Å². The molecule has 1 heterocycles. The number of alkyl halides is 1. The van der Waals surface area contributed by atoms with Gasteiger partial charge in [0, 0.05) is 6.42 Å². The van der Waals surface area contributed by atoms with Crippen LogP contribution >= 0.6 is 15.9 Å². The lowest BCUT2D eigenvalue weighted by Gasteiger charge is -2.25. The maximum absolute atomic E-state index is 11.5. The third kappa shape index (κ3) is 3.30. The van der Waals surface area contributed by atoms with Crippen LogP contribution < -0.4 is 10.6 Å². The molecule has 0 aromatic heterocycles. The quantitative estimate of drug-likeness (QED) is 0.554. The maximum Gasteiger partial charge on any atom is 0.249 e. The van der Waals surface area contributed by atoms with Crippen LogP contribution in [-0.4, -0.2) is 28.1 Å². The van der Waals surface area contributed by atoms with Gasteiger partial charge in [-0.3, -0.25) is 19.7 Å². The Morgan fingerprint density at radius 1 is 1.53 bits per heavy atom. The van der Waals surface area contributed by atoms with E-state index in [1.165, 1.54) is 0 Å². The van der Waals surface area contributed by atoms with Crippen molar-refractivity contribution in [2.75, 3.05) is 0 Å². The molecular weight excluding hydrogens is 264 g/mol. The van der Waals surface area contributed by atoms with Crippen molar-refractivity contribution in [3.63, 3.8) is 0 Å². The van der Waals surface area contributed by atoms with Crippen molar-refractivity contribution in [3.8, 4) is 0 Å². The van der Waals surface area contributed by atoms with Crippen molar-refractivity contribution in [1.82, 2.24) is 10.6 Å². The van der Waals surface area contributed by atoms with Crippen LogP contribution in [-0.2, 0) is 14.4 Å². The fourth-order valence-corrected chi connectivity index (χ4v) is 1.28. The number of carbonyl (C=O) groups excluding carboxylic acids is 3. The molecule has 2 N–H and O–H groups in total. The summed E-state index contributed by atoms with van der Waals surface area (Å²) in [6, 6.07) is -0.605. The van der Waals surface area contributed by atoms with E-state index in [1.807, 2.05) is 0 Å². The Bertz CT molecular complexity index is 309. The minimum Gasteiger partial charge on any atom is -0.343 e. The SMILES string of the molecule is CC(C)(Br)C(=O)NC1CCC(=O)NC1=O. The number of nitrogens with one attached hydrogen (secondary N) is 2. The number of rotatable bonds is 2. The zero-order valence-electron chi connectivity index (χ0n) is 8.59. The summed E-state index contributed by atoms with van der Waals surface area (Å²) in [7, 11) is 0. The fraction of sp³-hybridized carbons (Fsp3) is 0.667. The van der Waals surface area contributed by atoms with Gasteiger partial charge in [0.2, 0.25) is 17.7 Å². The molecule has 0 spiro atoms. The van der Waals surface area contributed by atoms with Gasteiger partial charge in [-0.25, -0.2) is 0 Å². The van der Waals surface area contributed by atoms with Gasteiger partial charge < -0.3 is 5.32 Å². The molecule has 84 valence electrons. The second-order valence-electron chi connectivity index (χ2n) is 3.95. The number of amides is 3. The van der Waals surface area contributed by atoms with Gasteiger partial charge >= 0.3 is 0 Å². The van der Waals surface area contributed by atoms with Gasteiger partial charge in [-0.1, -0.05) is 15.9 Å². The second-order valence-corrected chi connectivity index (χ2v) is 5.93. The summed E-state index contributed by atoms with van der Waals surface area (Å²) in [6.45, 7) is 3.38. The van der Waals surface area contributed by atoms with Crippen LogP contribution in [0, 0.1) is 0 Å². The molecule has 0 saturated carbocycles. The van der Waals surface area contributed by atoms with Gasteiger partial charge in [0.1, 0.15) is 6.04 Å². The molecule has 0 aromatic rings. The highest BCUT2D eigenvalue weighted by molar-refractivity contribution is 9.10. The zero-order chi connectivity index (χ0) is 11.6. The summed E-state index contributed by atoms with van der Waals surface area (Å²) in [6.07, 6.45) is 0.624. The molecule has 5 nitrogen and oxygen atoms in total. The van der Waals surface area contributed by atoms with Crippen LogP contribution in [0.15, 0.2) is 0 Å². The van der Waals surface area contributed by atoms with Gasteiger partial charge in [0.25, 0.3) is 0 Å². The normalized spacial score (nSPS) is 22.2. The van der Waals surface area contributed by atoms with Crippen molar-refractivity contribution in [1.29, 1.82) is 0 Å². The molecule has 0 radical (unpaired) electrons. The smallest absolute Gasteiger partial charge is 0.249 e. The number of hydrogen-bond donors (Lipinski definition) is 2. The van der Waals surface area contributed by atoms with Crippen LogP contribution in [0.5, 0.6) is 0 Å². The van der Waals surface area contributed by atoms with Crippen molar-refractivity contribution in [2.24, 2.45) is 0 Å². The number of halogens is 1. The average Bonchev–Trinajstić information content (AvgIpc) is 2.08. The minimum atomic E-state index is -0.714. The number of piperidine rings is 1. The Morgan fingerprint density at radius 2 is 2.13 bits per heavy atom. The Balaban J connectivity index is 2.56. The highest BCUT2D eigenvalue weighted by Gasteiger charge is 2.32. The third-order valence-corrected chi connectivity index (χ3v) is 2.44. The van der Waals surface area contributed by atoms with Gasteiger partial charge in [0.15, 0.2) is 0 Å². The Labute approximate surface area is 96.1 Å². The molecule has 0 bridgehead atoms. The molecule has 1 atom stereocenters. The lowest BCUT2D eigenvalue weighted by molar-refractivity contribution is -0.137. The standard InChI is InChI=1S/C9H13BrN2O3/c1-9(2,10)8(15)11-5-3-4-6(13)12-7(5)14/h5H,3-4H2,1-2H3,(H,11,15)(H,12,13,14). The maximum atomic E-state index is 11.5. The molecule has 6 heteroatoms. The van der Waals surface area contributed by atoms with E-state index < -0.39 is 16.3 Å². The number of carbonyl (C=O) groups is 3. The average molecular weight is 277 g/mol. The first-order chi connectivity index (χ1) is 6.80. The van der Waals surface area contributed by atoms with Crippen molar-refractivity contribution < 1.29 is 14.4 Å². The first-order valence-electron chi connectivity index (χ1n) is 4.64. The lowest BCUT2D eigenvalue weighted by Crippen LogP contribution is -2.54. The van der Waals surface area contributed by atoms with Crippen molar-refractivity contribution in [2.45, 2.75) is 37.1 Å². The van der Waals surface area contributed by atoms with Gasteiger partial charge in [-0.05, 0) is 20.3 Å². The minimum absolute atomic E-state index is 0.263. The highest BCUT2D eigenvalue weighted by atomic mass is 79.9.